The normalized spacial score (nSPS) is 16.3. The zero-order chi connectivity index (χ0) is 13.2. The monoisotopic (exact) mass is 256 g/mol. The van der Waals surface area contributed by atoms with Gasteiger partial charge in [-0.2, -0.15) is 0 Å². The predicted octanol–water partition coefficient (Wildman–Crippen LogP) is 2.97. The Labute approximate surface area is 113 Å². The summed E-state index contributed by atoms with van der Waals surface area (Å²) in [7, 11) is 0. The lowest BCUT2D eigenvalue weighted by atomic mass is 10.1. The van der Waals surface area contributed by atoms with Crippen LogP contribution >= 0.6 is 0 Å². The second kappa shape index (κ2) is 5.17. The van der Waals surface area contributed by atoms with Crippen LogP contribution in [0.4, 0.5) is 0 Å². The van der Waals surface area contributed by atoms with Gasteiger partial charge in [0.25, 0.3) is 0 Å². The number of aromatic nitrogens is 1. The number of nitrogens with zero attached hydrogens (tertiary/aromatic N) is 1. The van der Waals surface area contributed by atoms with Crippen molar-refractivity contribution >= 4 is 16.8 Å². The third-order valence-corrected chi connectivity index (χ3v) is 4.15. The van der Waals surface area contributed by atoms with Gasteiger partial charge in [-0.3, -0.25) is 9.36 Å². The van der Waals surface area contributed by atoms with Gasteiger partial charge in [0.15, 0.2) is 0 Å². The first-order valence-electron chi connectivity index (χ1n) is 7.14. The van der Waals surface area contributed by atoms with E-state index in [0.717, 1.165) is 24.8 Å². The second-order valence-electron chi connectivity index (χ2n) is 5.40. The average molecular weight is 256 g/mol. The Balaban J connectivity index is 2.05. The molecule has 1 aliphatic rings. The molecule has 0 unspecified atom stereocenters. The molecule has 3 nitrogen and oxygen atoms in total. The minimum absolute atomic E-state index is 0.210. The maximum absolute atomic E-state index is 12.6. The van der Waals surface area contributed by atoms with E-state index in [1.54, 1.807) is 0 Å². The highest BCUT2D eigenvalue weighted by molar-refractivity contribution is 5.95. The Morgan fingerprint density at radius 1 is 1.26 bits per heavy atom. The number of nitrogens with two attached hydrogens (primary N) is 1. The molecule has 2 aromatic rings. The molecule has 1 aromatic heterocycles. The number of carbonyl (C=O) groups is 1. The fourth-order valence-corrected chi connectivity index (χ4v) is 3.16. The molecule has 3 rings (SSSR count). The quantitative estimate of drug-likeness (QED) is 0.917. The van der Waals surface area contributed by atoms with Crippen molar-refractivity contribution in [2.75, 3.05) is 6.54 Å². The molecule has 1 aromatic carbocycles. The van der Waals surface area contributed by atoms with Gasteiger partial charge in [0, 0.05) is 17.5 Å². The van der Waals surface area contributed by atoms with Crippen LogP contribution in [0.1, 0.15) is 36.0 Å². The molecule has 1 heterocycles. The summed E-state index contributed by atoms with van der Waals surface area (Å²) in [5.41, 5.74) is 7.88. The molecule has 0 saturated heterocycles. The fraction of sp³-hybridized carbons (Fsp3) is 0.438. The number of para-hydroxylation sites is 1. The topological polar surface area (TPSA) is 48.0 Å². The van der Waals surface area contributed by atoms with Gasteiger partial charge in [0.2, 0.25) is 5.91 Å². The SMILES string of the molecule is NCCc1cn(C(=O)C2CCCC2)c2ccccc12. The Hall–Kier alpha value is -1.61. The van der Waals surface area contributed by atoms with E-state index in [2.05, 4.69) is 6.07 Å². The summed E-state index contributed by atoms with van der Waals surface area (Å²) in [5, 5.41) is 1.17. The Kier molecular flexibility index (Phi) is 3.38. The number of hydrogen-bond acceptors (Lipinski definition) is 2. The van der Waals surface area contributed by atoms with Crippen LogP contribution in [0.15, 0.2) is 30.5 Å². The Morgan fingerprint density at radius 3 is 2.74 bits per heavy atom. The van der Waals surface area contributed by atoms with Crippen molar-refractivity contribution in [3.63, 3.8) is 0 Å². The minimum atomic E-state index is 0.210. The van der Waals surface area contributed by atoms with Crippen molar-refractivity contribution < 1.29 is 4.79 Å². The third-order valence-electron chi connectivity index (χ3n) is 4.15. The number of fused-ring (bicyclic) bond motifs is 1. The highest BCUT2D eigenvalue weighted by Crippen LogP contribution is 2.29. The molecule has 0 aliphatic heterocycles. The number of benzene rings is 1. The molecular formula is C16H20N2O. The maximum Gasteiger partial charge on any atom is 0.234 e. The van der Waals surface area contributed by atoms with Crippen molar-refractivity contribution in [2.45, 2.75) is 32.1 Å². The van der Waals surface area contributed by atoms with E-state index in [1.165, 1.54) is 23.8 Å². The van der Waals surface area contributed by atoms with E-state index < -0.39 is 0 Å². The van der Waals surface area contributed by atoms with Gasteiger partial charge in [-0.25, -0.2) is 0 Å². The molecule has 0 atom stereocenters. The fourth-order valence-electron chi connectivity index (χ4n) is 3.16. The largest absolute Gasteiger partial charge is 0.330 e. The van der Waals surface area contributed by atoms with Gasteiger partial charge in [-0.15, -0.1) is 0 Å². The Morgan fingerprint density at radius 2 is 2.00 bits per heavy atom. The van der Waals surface area contributed by atoms with Gasteiger partial charge in [0.1, 0.15) is 0 Å². The first-order valence-corrected chi connectivity index (χ1v) is 7.14. The lowest BCUT2D eigenvalue weighted by Gasteiger charge is -2.09. The molecule has 0 radical (unpaired) electrons. The lowest BCUT2D eigenvalue weighted by molar-refractivity contribution is 0.0842. The maximum atomic E-state index is 12.6. The van der Waals surface area contributed by atoms with Crippen LogP contribution < -0.4 is 5.73 Å². The van der Waals surface area contributed by atoms with E-state index in [4.69, 9.17) is 5.73 Å². The smallest absolute Gasteiger partial charge is 0.234 e. The van der Waals surface area contributed by atoms with Crippen molar-refractivity contribution in [1.29, 1.82) is 0 Å². The van der Waals surface area contributed by atoms with E-state index in [-0.39, 0.29) is 11.8 Å². The first kappa shape index (κ1) is 12.4. The molecule has 0 spiro atoms. The predicted molar refractivity (Wildman–Crippen MR) is 77.3 cm³/mol. The Bertz CT molecular complexity index is 594. The minimum Gasteiger partial charge on any atom is -0.330 e. The molecule has 100 valence electrons. The molecule has 1 aliphatic carbocycles. The van der Waals surface area contributed by atoms with Crippen molar-refractivity contribution in [3.8, 4) is 0 Å². The van der Waals surface area contributed by atoms with E-state index in [1.807, 2.05) is 29.0 Å². The number of carbonyl (C=O) groups excluding carboxylic acids is 1. The summed E-state index contributed by atoms with van der Waals surface area (Å²) in [4.78, 5) is 12.6. The molecular weight excluding hydrogens is 236 g/mol. The number of rotatable bonds is 3. The van der Waals surface area contributed by atoms with Crippen LogP contribution in [0, 0.1) is 5.92 Å². The summed E-state index contributed by atoms with van der Waals surface area (Å²) in [6.45, 7) is 0.617. The van der Waals surface area contributed by atoms with Crippen molar-refractivity contribution in [3.05, 3.63) is 36.0 Å². The van der Waals surface area contributed by atoms with Crippen LogP contribution in [0.2, 0.25) is 0 Å². The summed E-state index contributed by atoms with van der Waals surface area (Å²) in [6, 6.07) is 8.13. The van der Waals surface area contributed by atoms with Crippen LogP contribution in [0.25, 0.3) is 10.9 Å². The molecule has 3 heteroatoms. The van der Waals surface area contributed by atoms with Crippen LogP contribution in [-0.2, 0) is 6.42 Å². The summed E-state index contributed by atoms with van der Waals surface area (Å²) in [6.07, 6.45) is 7.27. The van der Waals surface area contributed by atoms with Crippen LogP contribution in [-0.4, -0.2) is 17.0 Å². The molecule has 0 bridgehead atoms. The van der Waals surface area contributed by atoms with Gasteiger partial charge in [-0.05, 0) is 37.4 Å². The lowest BCUT2D eigenvalue weighted by Crippen LogP contribution is -2.18. The van der Waals surface area contributed by atoms with Gasteiger partial charge in [0.05, 0.1) is 5.52 Å². The average Bonchev–Trinajstić information content (AvgIpc) is 3.07. The highest BCUT2D eigenvalue weighted by Gasteiger charge is 2.25. The number of hydrogen-bond donors (Lipinski definition) is 1. The summed E-state index contributed by atoms with van der Waals surface area (Å²) < 4.78 is 1.86. The first-order chi connectivity index (χ1) is 9.31. The second-order valence-corrected chi connectivity index (χ2v) is 5.40. The summed E-state index contributed by atoms with van der Waals surface area (Å²) in [5.74, 6) is 0.471. The third kappa shape index (κ3) is 2.19. The van der Waals surface area contributed by atoms with Gasteiger partial charge in [-0.1, -0.05) is 31.0 Å². The van der Waals surface area contributed by atoms with Gasteiger partial charge < -0.3 is 5.73 Å². The van der Waals surface area contributed by atoms with Crippen molar-refractivity contribution in [2.24, 2.45) is 11.7 Å². The van der Waals surface area contributed by atoms with Crippen LogP contribution in [0.5, 0.6) is 0 Å². The standard InChI is InChI=1S/C16H20N2O/c17-10-9-13-11-18(15-8-4-3-7-14(13)15)16(19)12-5-1-2-6-12/h3-4,7-8,11-12H,1-2,5-6,9-10,17H2. The molecule has 1 saturated carbocycles. The molecule has 1 fully saturated rings. The van der Waals surface area contributed by atoms with Gasteiger partial charge >= 0.3 is 0 Å². The zero-order valence-corrected chi connectivity index (χ0v) is 11.1. The van der Waals surface area contributed by atoms with E-state index in [9.17, 15) is 4.79 Å². The van der Waals surface area contributed by atoms with Crippen molar-refractivity contribution in [1.82, 2.24) is 4.57 Å². The van der Waals surface area contributed by atoms with Crippen LogP contribution in [0.3, 0.4) is 0 Å². The van der Waals surface area contributed by atoms with E-state index >= 15 is 0 Å². The zero-order valence-electron chi connectivity index (χ0n) is 11.1. The summed E-state index contributed by atoms with van der Waals surface area (Å²) >= 11 is 0. The van der Waals surface area contributed by atoms with E-state index in [0.29, 0.717) is 6.54 Å². The molecule has 19 heavy (non-hydrogen) atoms. The highest BCUT2D eigenvalue weighted by atomic mass is 16.2. The molecule has 2 N–H and O–H groups in total. The molecule has 0 amide bonds.